The summed E-state index contributed by atoms with van der Waals surface area (Å²) in [6.07, 6.45) is 0.306. The Morgan fingerprint density at radius 2 is 1.81 bits per heavy atom. The molecule has 0 aliphatic carbocycles. The second-order valence-corrected chi connectivity index (χ2v) is 7.33. The van der Waals surface area contributed by atoms with Crippen LogP contribution in [-0.2, 0) is 11.3 Å². The zero-order chi connectivity index (χ0) is 20.1. The molecule has 0 aliphatic rings. The molecule has 0 aliphatic heterocycles. The van der Waals surface area contributed by atoms with Crippen molar-refractivity contribution in [2.75, 3.05) is 12.4 Å². The highest BCUT2D eigenvalue weighted by Crippen LogP contribution is 2.35. The van der Waals surface area contributed by atoms with E-state index in [1.807, 2.05) is 45.9 Å². The maximum Gasteiger partial charge on any atom is 0.227 e. The van der Waals surface area contributed by atoms with Crippen LogP contribution in [0.3, 0.4) is 0 Å². The number of aliphatic hydroxyl groups is 1. The maximum absolute atomic E-state index is 10.0. The van der Waals surface area contributed by atoms with Crippen molar-refractivity contribution in [2.24, 2.45) is 0 Å². The number of hydrogen-bond donors (Lipinski definition) is 2. The molecule has 2 atom stereocenters. The fourth-order valence-electron chi connectivity index (χ4n) is 3.09. The van der Waals surface area contributed by atoms with Gasteiger partial charge in [-0.1, -0.05) is 18.5 Å². The van der Waals surface area contributed by atoms with Gasteiger partial charge in [0.15, 0.2) is 0 Å². The zero-order valence-electron chi connectivity index (χ0n) is 16.9. The summed E-state index contributed by atoms with van der Waals surface area (Å²) in [5, 5.41) is 14.1. The SMILES string of the molecule is CCC(Nc1cc(C)nc(Oc2c(C)cc(Cl)cc2C)c1COC)C(C)O. The van der Waals surface area contributed by atoms with Gasteiger partial charge >= 0.3 is 0 Å². The van der Waals surface area contributed by atoms with Crippen LogP contribution in [0.5, 0.6) is 11.6 Å². The lowest BCUT2D eigenvalue weighted by Gasteiger charge is -2.24. The fourth-order valence-corrected chi connectivity index (χ4v) is 3.41. The van der Waals surface area contributed by atoms with Crippen molar-refractivity contribution in [1.29, 1.82) is 0 Å². The van der Waals surface area contributed by atoms with Gasteiger partial charge in [0, 0.05) is 23.5 Å². The number of nitrogens with zero attached hydrogens (tertiary/aromatic N) is 1. The predicted molar refractivity (Wildman–Crippen MR) is 110 cm³/mol. The third-order valence-electron chi connectivity index (χ3n) is 4.49. The van der Waals surface area contributed by atoms with E-state index >= 15 is 0 Å². The highest BCUT2D eigenvalue weighted by molar-refractivity contribution is 6.30. The number of hydrogen-bond acceptors (Lipinski definition) is 5. The number of benzene rings is 1. The smallest absolute Gasteiger partial charge is 0.227 e. The molecule has 0 radical (unpaired) electrons. The predicted octanol–water partition coefficient (Wildman–Crippen LogP) is 5.17. The molecule has 5 nitrogen and oxygen atoms in total. The Kier molecular flexibility index (Phi) is 7.48. The van der Waals surface area contributed by atoms with E-state index < -0.39 is 6.10 Å². The molecule has 1 aromatic carbocycles. The Morgan fingerprint density at radius 3 is 2.33 bits per heavy atom. The second-order valence-electron chi connectivity index (χ2n) is 6.90. The van der Waals surface area contributed by atoms with E-state index in [2.05, 4.69) is 10.3 Å². The molecule has 27 heavy (non-hydrogen) atoms. The lowest BCUT2D eigenvalue weighted by molar-refractivity contribution is 0.168. The topological polar surface area (TPSA) is 63.6 Å². The Bertz CT molecular complexity index is 770. The Balaban J connectivity index is 2.50. The van der Waals surface area contributed by atoms with Gasteiger partial charge < -0.3 is 19.9 Å². The van der Waals surface area contributed by atoms with Crippen molar-refractivity contribution in [3.63, 3.8) is 0 Å². The van der Waals surface area contributed by atoms with Gasteiger partial charge in [0.2, 0.25) is 5.88 Å². The van der Waals surface area contributed by atoms with Crippen molar-refractivity contribution in [3.8, 4) is 11.6 Å². The summed E-state index contributed by atoms with van der Waals surface area (Å²) in [6.45, 7) is 9.99. The number of rotatable bonds is 8. The van der Waals surface area contributed by atoms with Crippen LogP contribution in [0.2, 0.25) is 5.02 Å². The number of methoxy groups -OCH3 is 1. The highest BCUT2D eigenvalue weighted by atomic mass is 35.5. The van der Waals surface area contributed by atoms with E-state index in [1.165, 1.54) is 0 Å². The molecule has 1 heterocycles. The van der Waals surface area contributed by atoms with Crippen LogP contribution >= 0.6 is 11.6 Å². The van der Waals surface area contributed by atoms with Crippen molar-refractivity contribution in [2.45, 2.75) is 59.8 Å². The fraction of sp³-hybridized carbons (Fsp3) is 0.476. The minimum atomic E-state index is -0.482. The lowest BCUT2D eigenvalue weighted by Crippen LogP contribution is -2.31. The molecule has 0 fully saturated rings. The van der Waals surface area contributed by atoms with E-state index in [0.29, 0.717) is 17.5 Å². The first-order valence-electron chi connectivity index (χ1n) is 9.15. The molecule has 0 saturated heterocycles. The minimum Gasteiger partial charge on any atom is -0.438 e. The second kappa shape index (κ2) is 9.40. The quantitative estimate of drug-likeness (QED) is 0.648. The Morgan fingerprint density at radius 1 is 1.19 bits per heavy atom. The van der Waals surface area contributed by atoms with Crippen LogP contribution < -0.4 is 10.1 Å². The number of aliphatic hydroxyl groups excluding tert-OH is 1. The van der Waals surface area contributed by atoms with Crippen LogP contribution in [0.4, 0.5) is 5.69 Å². The van der Waals surface area contributed by atoms with Crippen molar-refractivity contribution < 1.29 is 14.6 Å². The molecule has 2 rings (SSSR count). The van der Waals surface area contributed by atoms with Crippen LogP contribution in [0.25, 0.3) is 0 Å². The molecule has 0 amide bonds. The number of nitrogens with one attached hydrogen (secondary N) is 1. The average Bonchev–Trinajstić information content (AvgIpc) is 2.58. The van der Waals surface area contributed by atoms with Gasteiger partial charge in [-0.15, -0.1) is 0 Å². The molecular formula is C21H29ClN2O3. The van der Waals surface area contributed by atoms with Gasteiger partial charge in [0.1, 0.15) is 5.75 Å². The standard InChI is InChI=1S/C21H29ClN2O3/c1-7-18(15(5)25)24-19-10-14(4)23-21(17(19)11-26-6)27-20-12(2)8-16(22)9-13(20)3/h8-10,15,18,25H,7,11H2,1-6H3,(H,23,24). The number of pyridine rings is 1. The number of ether oxygens (including phenoxy) is 2. The normalized spacial score (nSPS) is 13.3. The largest absolute Gasteiger partial charge is 0.438 e. The van der Waals surface area contributed by atoms with Gasteiger partial charge in [0.05, 0.1) is 24.3 Å². The van der Waals surface area contributed by atoms with Gasteiger partial charge in [0.25, 0.3) is 0 Å². The average molecular weight is 393 g/mol. The van der Waals surface area contributed by atoms with E-state index in [0.717, 1.165) is 40.2 Å². The van der Waals surface area contributed by atoms with Gasteiger partial charge in [-0.2, -0.15) is 0 Å². The van der Waals surface area contributed by atoms with Crippen molar-refractivity contribution in [1.82, 2.24) is 4.98 Å². The molecule has 2 aromatic rings. The zero-order valence-corrected chi connectivity index (χ0v) is 17.6. The maximum atomic E-state index is 10.0. The van der Waals surface area contributed by atoms with E-state index in [-0.39, 0.29) is 6.04 Å². The number of halogens is 1. The molecule has 6 heteroatoms. The minimum absolute atomic E-state index is 0.0748. The summed E-state index contributed by atoms with van der Waals surface area (Å²) in [4.78, 5) is 4.59. The number of aromatic nitrogens is 1. The molecular weight excluding hydrogens is 364 g/mol. The van der Waals surface area contributed by atoms with Gasteiger partial charge in [-0.25, -0.2) is 4.98 Å². The summed E-state index contributed by atoms with van der Waals surface area (Å²) in [5.41, 5.74) is 4.37. The monoisotopic (exact) mass is 392 g/mol. The van der Waals surface area contributed by atoms with Crippen molar-refractivity contribution in [3.05, 3.63) is 45.6 Å². The van der Waals surface area contributed by atoms with Crippen LogP contribution in [0.1, 0.15) is 42.7 Å². The summed E-state index contributed by atoms with van der Waals surface area (Å²) < 4.78 is 11.6. The molecule has 0 spiro atoms. The first-order valence-corrected chi connectivity index (χ1v) is 9.53. The van der Waals surface area contributed by atoms with Crippen molar-refractivity contribution >= 4 is 17.3 Å². The molecule has 1 aromatic heterocycles. The molecule has 0 saturated carbocycles. The van der Waals surface area contributed by atoms with Crippen LogP contribution in [0, 0.1) is 20.8 Å². The summed E-state index contributed by atoms with van der Waals surface area (Å²) in [7, 11) is 1.64. The molecule has 0 bridgehead atoms. The number of aryl methyl sites for hydroxylation is 3. The van der Waals surface area contributed by atoms with Crippen LogP contribution in [0.15, 0.2) is 18.2 Å². The highest BCUT2D eigenvalue weighted by Gasteiger charge is 2.20. The summed E-state index contributed by atoms with van der Waals surface area (Å²) >= 11 is 6.13. The third kappa shape index (κ3) is 5.34. The molecule has 2 N–H and O–H groups in total. The molecule has 148 valence electrons. The number of anilines is 1. The Labute approximate surface area is 166 Å². The van der Waals surface area contributed by atoms with Gasteiger partial charge in [-0.3, -0.25) is 0 Å². The Hall–Kier alpha value is -1.82. The summed E-state index contributed by atoms with van der Waals surface area (Å²) in [6, 6.07) is 5.62. The van der Waals surface area contributed by atoms with Gasteiger partial charge in [-0.05, 0) is 63.4 Å². The lowest BCUT2D eigenvalue weighted by atomic mass is 10.1. The summed E-state index contributed by atoms with van der Waals surface area (Å²) in [5.74, 6) is 1.23. The van der Waals surface area contributed by atoms with E-state index in [4.69, 9.17) is 21.1 Å². The first-order chi connectivity index (χ1) is 12.8. The van der Waals surface area contributed by atoms with Crippen LogP contribution in [-0.4, -0.2) is 29.3 Å². The molecule has 2 unspecified atom stereocenters. The first kappa shape index (κ1) is 21.5. The van der Waals surface area contributed by atoms with E-state index in [1.54, 1.807) is 14.0 Å². The van der Waals surface area contributed by atoms with E-state index in [9.17, 15) is 5.11 Å². The third-order valence-corrected chi connectivity index (χ3v) is 4.71.